The molecule has 3 aromatic rings. The Labute approximate surface area is 267 Å². The molecule has 1 saturated heterocycles. The van der Waals surface area contributed by atoms with E-state index in [-0.39, 0.29) is 17.9 Å². The Morgan fingerprint density at radius 2 is 1.80 bits per heavy atom. The van der Waals surface area contributed by atoms with E-state index < -0.39 is 5.60 Å². The zero-order valence-electron chi connectivity index (χ0n) is 26.4. The molecular formula is C32H41N5O5S2. The van der Waals surface area contributed by atoms with Crippen LogP contribution < -0.4 is 10.1 Å². The van der Waals surface area contributed by atoms with Gasteiger partial charge in [-0.15, -0.1) is 0 Å². The number of amides is 3. The van der Waals surface area contributed by atoms with Crippen molar-refractivity contribution >= 4 is 46.1 Å². The fourth-order valence-electron chi connectivity index (χ4n) is 4.73. The lowest BCUT2D eigenvalue weighted by molar-refractivity contribution is 0.0255. The number of benzene rings is 2. The summed E-state index contributed by atoms with van der Waals surface area (Å²) in [6, 6.07) is 11.3. The highest BCUT2D eigenvalue weighted by molar-refractivity contribution is 8.01. The van der Waals surface area contributed by atoms with Crippen LogP contribution in [0.1, 0.15) is 59.0 Å². The van der Waals surface area contributed by atoms with E-state index in [2.05, 4.69) is 15.2 Å². The standard InChI is InChI=1S/C32H41N5O5S2/c1-21-16-25(41-7)24(29(39)36-12-9-13-37(15-14-36)31(40)42-32(2,3)4)18-26(21)43-27-19-33-30(44-27)34-28(38)23-11-8-10-22(17-23)20-35(5)6/h8,10-11,16-19H,9,12-15,20H2,1-7H3,(H,33,34,38). The number of hydrogen-bond donors (Lipinski definition) is 1. The van der Waals surface area contributed by atoms with Crippen molar-refractivity contribution in [1.29, 1.82) is 0 Å². The van der Waals surface area contributed by atoms with Gasteiger partial charge in [-0.3, -0.25) is 14.9 Å². The van der Waals surface area contributed by atoms with E-state index in [1.165, 1.54) is 23.1 Å². The number of thiazole rings is 1. The molecule has 2 aromatic carbocycles. The molecule has 1 fully saturated rings. The Bertz CT molecular complexity index is 1500. The van der Waals surface area contributed by atoms with Gasteiger partial charge in [-0.2, -0.15) is 0 Å². The molecule has 3 amide bonds. The summed E-state index contributed by atoms with van der Waals surface area (Å²) < 4.78 is 12.0. The molecule has 44 heavy (non-hydrogen) atoms. The Hall–Kier alpha value is -3.61. The Kier molecular flexibility index (Phi) is 10.9. The maximum absolute atomic E-state index is 13.7. The number of carbonyl (C=O) groups is 3. The van der Waals surface area contributed by atoms with Crippen LogP contribution in [0.2, 0.25) is 0 Å². The first-order valence-corrected chi connectivity index (χ1v) is 16.1. The van der Waals surface area contributed by atoms with Gasteiger partial charge in [0, 0.05) is 43.2 Å². The molecule has 0 atom stereocenters. The molecule has 1 aliphatic rings. The third-order valence-corrected chi connectivity index (χ3v) is 8.94. The maximum atomic E-state index is 13.7. The summed E-state index contributed by atoms with van der Waals surface area (Å²) in [7, 11) is 5.53. The first kappa shape index (κ1) is 33.3. The van der Waals surface area contributed by atoms with Crippen molar-refractivity contribution in [1.82, 2.24) is 19.7 Å². The zero-order chi connectivity index (χ0) is 32.0. The molecule has 10 nitrogen and oxygen atoms in total. The van der Waals surface area contributed by atoms with Gasteiger partial charge in [-0.05, 0) is 83.6 Å². The van der Waals surface area contributed by atoms with Crippen LogP contribution in [0, 0.1) is 6.92 Å². The smallest absolute Gasteiger partial charge is 0.410 e. The molecule has 0 saturated carbocycles. The summed E-state index contributed by atoms with van der Waals surface area (Å²) in [6.45, 7) is 10.1. The van der Waals surface area contributed by atoms with Crippen molar-refractivity contribution < 1.29 is 23.9 Å². The number of ether oxygens (including phenoxy) is 2. The molecule has 0 aliphatic carbocycles. The minimum absolute atomic E-state index is 0.150. The van der Waals surface area contributed by atoms with Crippen molar-refractivity contribution in [3.05, 3.63) is 64.8 Å². The Balaban J connectivity index is 1.45. The quantitative estimate of drug-likeness (QED) is 0.320. The number of nitrogens with one attached hydrogen (secondary N) is 1. The SMILES string of the molecule is COc1cc(C)c(Sc2cnc(NC(=O)c3cccc(CN(C)C)c3)s2)cc1C(=O)N1CCCN(C(=O)OC(C)(C)C)CC1. The van der Waals surface area contributed by atoms with Crippen molar-refractivity contribution in [3.63, 3.8) is 0 Å². The zero-order valence-corrected chi connectivity index (χ0v) is 28.1. The van der Waals surface area contributed by atoms with E-state index in [0.29, 0.717) is 54.6 Å². The van der Waals surface area contributed by atoms with Crippen LogP contribution in [0.25, 0.3) is 0 Å². The number of carbonyl (C=O) groups excluding carboxylic acids is 3. The van der Waals surface area contributed by atoms with Gasteiger partial charge in [0.05, 0.1) is 23.1 Å². The van der Waals surface area contributed by atoms with E-state index in [4.69, 9.17) is 9.47 Å². The normalized spacial score (nSPS) is 13.9. The van der Waals surface area contributed by atoms with Crippen LogP contribution >= 0.6 is 23.1 Å². The lowest BCUT2D eigenvalue weighted by atomic mass is 10.1. The number of rotatable bonds is 8. The third-order valence-electron chi connectivity index (χ3n) is 6.77. The monoisotopic (exact) mass is 639 g/mol. The van der Waals surface area contributed by atoms with Crippen LogP contribution in [0.15, 0.2) is 51.7 Å². The summed E-state index contributed by atoms with van der Waals surface area (Å²) in [5.74, 6) is 0.134. The number of methoxy groups -OCH3 is 1. The van der Waals surface area contributed by atoms with E-state index in [1.807, 2.05) is 72.1 Å². The topological polar surface area (TPSA) is 104 Å². The predicted octanol–water partition coefficient (Wildman–Crippen LogP) is 6.01. The number of hydrogen-bond acceptors (Lipinski definition) is 9. The largest absolute Gasteiger partial charge is 0.496 e. The fourth-order valence-corrected chi connectivity index (χ4v) is 6.66. The average molecular weight is 640 g/mol. The second kappa shape index (κ2) is 14.4. The minimum Gasteiger partial charge on any atom is -0.496 e. The molecule has 12 heteroatoms. The number of aromatic nitrogens is 1. The molecule has 1 aliphatic heterocycles. The van der Waals surface area contributed by atoms with Gasteiger partial charge in [0.1, 0.15) is 11.4 Å². The molecule has 1 N–H and O–H groups in total. The highest BCUT2D eigenvalue weighted by Gasteiger charge is 2.28. The summed E-state index contributed by atoms with van der Waals surface area (Å²) in [5.41, 5.74) is 2.46. The van der Waals surface area contributed by atoms with Gasteiger partial charge in [0.25, 0.3) is 11.8 Å². The number of aryl methyl sites for hydroxylation is 1. The van der Waals surface area contributed by atoms with Crippen molar-refractivity contribution in [3.8, 4) is 5.75 Å². The van der Waals surface area contributed by atoms with Gasteiger partial charge in [0.15, 0.2) is 5.13 Å². The average Bonchev–Trinajstić information content (AvgIpc) is 3.23. The molecule has 0 bridgehead atoms. The van der Waals surface area contributed by atoms with Crippen molar-refractivity contribution in [2.45, 2.75) is 55.4 Å². The Morgan fingerprint density at radius 3 is 2.50 bits per heavy atom. The maximum Gasteiger partial charge on any atom is 0.410 e. The predicted molar refractivity (Wildman–Crippen MR) is 174 cm³/mol. The molecule has 236 valence electrons. The van der Waals surface area contributed by atoms with E-state index in [1.54, 1.807) is 29.2 Å². The molecule has 4 rings (SSSR count). The van der Waals surface area contributed by atoms with Crippen LogP contribution in [-0.2, 0) is 11.3 Å². The summed E-state index contributed by atoms with van der Waals surface area (Å²) in [5, 5.41) is 3.40. The van der Waals surface area contributed by atoms with Crippen LogP contribution in [0.4, 0.5) is 9.93 Å². The second-order valence-electron chi connectivity index (χ2n) is 11.9. The highest BCUT2D eigenvalue weighted by Crippen LogP contribution is 2.38. The first-order chi connectivity index (χ1) is 20.8. The second-order valence-corrected chi connectivity index (χ2v) is 14.3. The third kappa shape index (κ3) is 8.96. The molecule has 0 unspecified atom stereocenters. The number of nitrogens with zero attached hydrogens (tertiary/aromatic N) is 4. The first-order valence-electron chi connectivity index (χ1n) is 14.5. The van der Waals surface area contributed by atoms with Gasteiger partial charge >= 0.3 is 6.09 Å². The molecule has 2 heterocycles. The Morgan fingerprint density at radius 1 is 1.07 bits per heavy atom. The molecule has 0 spiro atoms. The van der Waals surface area contributed by atoms with Gasteiger partial charge in [-0.1, -0.05) is 35.2 Å². The lowest BCUT2D eigenvalue weighted by Crippen LogP contribution is -2.40. The van der Waals surface area contributed by atoms with Crippen molar-refractivity contribution in [2.75, 3.05) is 52.7 Å². The van der Waals surface area contributed by atoms with Crippen LogP contribution in [0.5, 0.6) is 5.75 Å². The molecule has 1 aromatic heterocycles. The fraction of sp³-hybridized carbons (Fsp3) is 0.438. The number of anilines is 1. The van der Waals surface area contributed by atoms with Gasteiger partial charge in [-0.25, -0.2) is 9.78 Å². The highest BCUT2D eigenvalue weighted by atomic mass is 32.2. The minimum atomic E-state index is -0.579. The summed E-state index contributed by atoms with van der Waals surface area (Å²) in [4.78, 5) is 50.0. The van der Waals surface area contributed by atoms with Gasteiger partial charge < -0.3 is 24.2 Å². The lowest BCUT2D eigenvalue weighted by Gasteiger charge is -2.26. The van der Waals surface area contributed by atoms with Gasteiger partial charge in [0.2, 0.25) is 0 Å². The van der Waals surface area contributed by atoms with Crippen LogP contribution in [0.3, 0.4) is 0 Å². The molecular weight excluding hydrogens is 599 g/mol. The van der Waals surface area contributed by atoms with E-state index in [0.717, 1.165) is 26.8 Å². The van der Waals surface area contributed by atoms with E-state index >= 15 is 0 Å². The van der Waals surface area contributed by atoms with E-state index in [9.17, 15) is 14.4 Å². The summed E-state index contributed by atoms with van der Waals surface area (Å²) >= 11 is 2.85. The molecule has 0 radical (unpaired) electrons. The summed E-state index contributed by atoms with van der Waals surface area (Å²) in [6.07, 6.45) is 2.01. The van der Waals surface area contributed by atoms with Crippen LogP contribution in [-0.4, -0.2) is 90.6 Å². The van der Waals surface area contributed by atoms with Crippen molar-refractivity contribution in [2.24, 2.45) is 0 Å².